The third kappa shape index (κ3) is 1.54. The summed E-state index contributed by atoms with van der Waals surface area (Å²) in [5, 5.41) is 0. The van der Waals surface area contributed by atoms with E-state index in [2.05, 4.69) is 16.7 Å². The van der Waals surface area contributed by atoms with E-state index < -0.39 is 0 Å². The van der Waals surface area contributed by atoms with E-state index in [1.165, 1.54) is 19.4 Å². The second kappa shape index (κ2) is 3.89. The Bertz CT molecular complexity index is 229. The zero-order valence-electron chi connectivity index (χ0n) is 9.20. The van der Waals surface area contributed by atoms with Crippen LogP contribution < -0.4 is 0 Å². The fraction of sp³-hybridized carbons (Fsp3) is 0.909. The van der Waals surface area contributed by atoms with Crippen molar-refractivity contribution < 1.29 is 4.79 Å². The van der Waals surface area contributed by atoms with Crippen molar-refractivity contribution in [3.63, 3.8) is 0 Å². The maximum atomic E-state index is 11.5. The van der Waals surface area contributed by atoms with Gasteiger partial charge in [0.2, 0.25) is 5.91 Å². The summed E-state index contributed by atoms with van der Waals surface area (Å²) in [7, 11) is 0. The van der Waals surface area contributed by atoms with E-state index in [1.807, 2.05) is 0 Å². The number of hydrogen-bond donors (Lipinski definition) is 0. The Kier molecular flexibility index (Phi) is 2.77. The molecule has 0 bridgehead atoms. The van der Waals surface area contributed by atoms with Crippen LogP contribution in [-0.2, 0) is 4.79 Å². The SMILES string of the molecule is CCC[C@@H]1N(C(C)=O)CC2CCCN21. The van der Waals surface area contributed by atoms with E-state index in [0.29, 0.717) is 12.2 Å². The minimum atomic E-state index is 0.248. The van der Waals surface area contributed by atoms with Gasteiger partial charge in [-0.05, 0) is 19.3 Å². The minimum Gasteiger partial charge on any atom is -0.326 e. The highest BCUT2D eigenvalue weighted by atomic mass is 16.2. The minimum absolute atomic E-state index is 0.248. The lowest BCUT2D eigenvalue weighted by atomic mass is 10.2. The van der Waals surface area contributed by atoms with Gasteiger partial charge in [-0.15, -0.1) is 0 Å². The van der Waals surface area contributed by atoms with Gasteiger partial charge in [0, 0.05) is 26.1 Å². The first-order chi connectivity index (χ1) is 6.74. The molecule has 2 aliphatic rings. The van der Waals surface area contributed by atoms with Crippen molar-refractivity contribution in [2.75, 3.05) is 13.1 Å². The summed E-state index contributed by atoms with van der Waals surface area (Å²) in [6.07, 6.45) is 5.30. The Morgan fingerprint density at radius 1 is 1.50 bits per heavy atom. The van der Waals surface area contributed by atoms with Crippen LogP contribution in [0.5, 0.6) is 0 Å². The first-order valence-electron chi connectivity index (χ1n) is 5.77. The standard InChI is InChI=1S/C11H20N2O/c1-3-5-11-12-7-4-6-10(12)8-13(11)9(2)14/h10-11H,3-8H2,1-2H3/t10?,11-/m0/s1. The van der Waals surface area contributed by atoms with Crippen molar-refractivity contribution in [3.05, 3.63) is 0 Å². The smallest absolute Gasteiger partial charge is 0.220 e. The van der Waals surface area contributed by atoms with Crippen LogP contribution in [0.25, 0.3) is 0 Å². The van der Waals surface area contributed by atoms with E-state index in [-0.39, 0.29) is 5.91 Å². The van der Waals surface area contributed by atoms with Gasteiger partial charge in [0.05, 0.1) is 6.17 Å². The van der Waals surface area contributed by atoms with Gasteiger partial charge in [-0.2, -0.15) is 0 Å². The Morgan fingerprint density at radius 2 is 2.29 bits per heavy atom. The zero-order valence-corrected chi connectivity index (χ0v) is 9.20. The molecule has 1 unspecified atom stereocenters. The van der Waals surface area contributed by atoms with E-state index in [9.17, 15) is 4.79 Å². The molecule has 14 heavy (non-hydrogen) atoms. The maximum absolute atomic E-state index is 11.5. The van der Waals surface area contributed by atoms with Crippen LogP contribution in [0.3, 0.4) is 0 Å². The Morgan fingerprint density at radius 3 is 2.93 bits per heavy atom. The molecule has 2 heterocycles. The molecule has 3 heteroatoms. The fourth-order valence-corrected chi connectivity index (χ4v) is 2.89. The molecule has 2 atom stereocenters. The molecular weight excluding hydrogens is 176 g/mol. The van der Waals surface area contributed by atoms with Gasteiger partial charge in [0.15, 0.2) is 0 Å². The second-order valence-corrected chi connectivity index (χ2v) is 4.47. The van der Waals surface area contributed by atoms with Crippen LogP contribution in [0.1, 0.15) is 39.5 Å². The second-order valence-electron chi connectivity index (χ2n) is 4.47. The lowest BCUT2D eigenvalue weighted by Gasteiger charge is -2.28. The highest BCUT2D eigenvalue weighted by molar-refractivity contribution is 5.74. The molecule has 2 rings (SSSR count). The number of carbonyl (C=O) groups excluding carboxylic acids is 1. The lowest BCUT2D eigenvalue weighted by molar-refractivity contribution is -0.131. The number of hydrogen-bond acceptors (Lipinski definition) is 2. The number of fused-ring (bicyclic) bond motifs is 1. The maximum Gasteiger partial charge on any atom is 0.220 e. The van der Waals surface area contributed by atoms with Gasteiger partial charge in [-0.3, -0.25) is 9.69 Å². The van der Waals surface area contributed by atoms with Crippen molar-refractivity contribution >= 4 is 5.91 Å². The molecule has 0 aliphatic carbocycles. The summed E-state index contributed by atoms with van der Waals surface area (Å²) < 4.78 is 0. The molecule has 2 saturated heterocycles. The van der Waals surface area contributed by atoms with Crippen LogP contribution >= 0.6 is 0 Å². The molecule has 3 nitrogen and oxygen atoms in total. The quantitative estimate of drug-likeness (QED) is 0.667. The van der Waals surface area contributed by atoms with Crippen LogP contribution in [0.4, 0.5) is 0 Å². The first kappa shape index (κ1) is 9.97. The van der Waals surface area contributed by atoms with Crippen molar-refractivity contribution in [2.24, 2.45) is 0 Å². The summed E-state index contributed by atoms with van der Waals surface area (Å²) in [4.78, 5) is 16.1. The highest BCUT2D eigenvalue weighted by Crippen LogP contribution is 2.31. The van der Waals surface area contributed by atoms with E-state index >= 15 is 0 Å². The zero-order chi connectivity index (χ0) is 10.1. The van der Waals surface area contributed by atoms with Crippen LogP contribution in [0, 0.1) is 0 Å². The first-order valence-corrected chi connectivity index (χ1v) is 5.77. The predicted octanol–water partition coefficient (Wildman–Crippen LogP) is 1.44. The molecular formula is C11H20N2O. The molecule has 0 aromatic rings. The van der Waals surface area contributed by atoms with E-state index in [4.69, 9.17) is 0 Å². The van der Waals surface area contributed by atoms with Crippen molar-refractivity contribution in [1.82, 2.24) is 9.80 Å². The topological polar surface area (TPSA) is 23.6 Å². The number of amides is 1. The molecule has 0 N–H and O–H groups in total. The Balaban J connectivity index is 2.09. The molecule has 0 radical (unpaired) electrons. The van der Waals surface area contributed by atoms with Crippen LogP contribution in [0.15, 0.2) is 0 Å². The molecule has 0 spiro atoms. The van der Waals surface area contributed by atoms with E-state index in [0.717, 1.165) is 19.4 Å². The molecule has 2 fully saturated rings. The summed E-state index contributed by atoms with van der Waals surface area (Å²) in [5.41, 5.74) is 0. The molecule has 0 saturated carbocycles. The van der Waals surface area contributed by atoms with Gasteiger partial charge in [-0.1, -0.05) is 13.3 Å². The van der Waals surface area contributed by atoms with E-state index in [1.54, 1.807) is 6.92 Å². The number of carbonyl (C=O) groups is 1. The molecule has 0 aromatic heterocycles. The number of rotatable bonds is 2. The van der Waals surface area contributed by atoms with Gasteiger partial charge >= 0.3 is 0 Å². The van der Waals surface area contributed by atoms with Crippen molar-refractivity contribution in [2.45, 2.75) is 51.7 Å². The summed E-state index contributed by atoms with van der Waals surface area (Å²) in [5.74, 6) is 0.248. The van der Waals surface area contributed by atoms with Gasteiger partial charge in [-0.25, -0.2) is 0 Å². The largest absolute Gasteiger partial charge is 0.326 e. The monoisotopic (exact) mass is 196 g/mol. The average Bonchev–Trinajstić information content (AvgIpc) is 2.67. The van der Waals surface area contributed by atoms with Gasteiger partial charge in [0.1, 0.15) is 0 Å². The average molecular weight is 196 g/mol. The van der Waals surface area contributed by atoms with Crippen LogP contribution in [-0.4, -0.2) is 41.0 Å². The third-order valence-corrected chi connectivity index (χ3v) is 3.52. The van der Waals surface area contributed by atoms with Crippen molar-refractivity contribution in [1.29, 1.82) is 0 Å². The molecule has 1 amide bonds. The molecule has 0 aromatic carbocycles. The van der Waals surface area contributed by atoms with Crippen molar-refractivity contribution in [3.8, 4) is 0 Å². The predicted molar refractivity (Wildman–Crippen MR) is 55.8 cm³/mol. The Hall–Kier alpha value is -0.570. The third-order valence-electron chi connectivity index (χ3n) is 3.52. The summed E-state index contributed by atoms with van der Waals surface area (Å²) in [6.45, 7) is 6.06. The number of nitrogens with zero attached hydrogens (tertiary/aromatic N) is 2. The lowest BCUT2D eigenvalue weighted by Crippen LogP contribution is -2.40. The fourth-order valence-electron chi connectivity index (χ4n) is 2.89. The Labute approximate surface area is 86.1 Å². The molecule has 2 aliphatic heterocycles. The summed E-state index contributed by atoms with van der Waals surface area (Å²) >= 11 is 0. The van der Waals surface area contributed by atoms with Crippen LogP contribution in [0.2, 0.25) is 0 Å². The normalized spacial score (nSPS) is 32.3. The molecule has 80 valence electrons. The highest BCUT2D eigenvalue weighted by Gasteiger charge is 2.42. The van der Waals surface area contributed by atoms with Gasteiger partial charge in [0.25, 0.3) is 0 Å². The van der Waals surface area contributed by atoms with Gasteiger partial charge < -0.3 is 4.90 Å². The summed E-state index contributed by atoms with van der Waals surface area (Å²) in [6, 6.07) is 0.662.